The molecule has 5 heteroatoms. The molecule has 0 amide bonds. The fourth-order valence-electron chi connectivity index (χ4n) is 3.92. The van der Waals surface area contributed by atoms with Gasteiger partial charge in [0.05, 0.1) is 0 Å². The zero-order valence-electron chi connectivity index (χ0n) is 16.5. The molecule has 2 rings (SSSR count). The van der Waals surface area contributed by atoms with Crippen molar-refractivity contribution < 1.29 is 0 Å². The zero-order chi connectivity index (χ0) is 17.5. The van der Waals surface area contributed by atoms with Crippen molar-refractivity contribution in [3.8, 4) is 0 Å². The molecule has 0 bridgehead atoms. The van der Waals surface area contributed by atoms with Gasteiger partial charge in [0, 0.05) is 51.4 Å². The standard InChI is InChI=1S/C19H39N5/c1-15(2)23-11-8-18(9-12-23)22-19(20-5)21-13-17-7-6-10-24(14-17)16(3)4/h15-18H,6-14H2,1-5H3,(H2,20,21,22). The van der Waals surface area contributed by atoms with Crippen LogP contribution in [0.15, 0.2) is 4.99 Å². The number of rotatable bonds is 5. The first kappa shape index (κ1) is 19.5. The number of guanidine groups is 1. The van der Waals surface area contributed by atoms with Crippen molar-refractivity contribution in [3.05, 3.63) is 0 Å². The topological polar surface area (TPSA) is 42.9 Å². The van der Waals surface area contributed by atoms with Crippen LogP contribution < -0.4 is 10.6 Å². The molecule has 140 valence electrons. The van der Waals surface area contributed by atoms with Crippen molar-refractivity contribution in [2.24, 2.45) is 10.9 Å². The second-order valence-corrected chi connectivity index (χ2v) is 8.10. The predicted molar refractivity (Wildman–Crippen MR) is 104 cm³/mol. The third kappa shape index (κ3) is 5.92. The predicted octanol–water partition coefficient (Wildman–Crippen LogP) is 2.14. The normalized spacial score (nSPS) is 25.5. The van der Waals surface area contributed by atoms with E-state index in [9.17, 15) is 0 Å². The first-order valence-corrected chi connectivity index (χ1v) is 9.95. The van der Waals surface area contributed by atoms with Crippen LogP contribution >= 0.6 is 0 Å². The van der Waals surface area contributed by atoms with E-state index in [-0.39, 0.29) is 0 Å². The minimum absolute atomic E-state index is 0.560. The Morgan fingerprint density at radius 3 is 2.25 bits per heavy atom. The number of hydrogen-bond acceptors (Lipinski definition) is 3. The summed E-state index contributed by atoms with van der Waals surface area (Å²) in [5.41, 5.74) is 0. The van der Waals surface area contributed by atoms with Gasteiger partial charge >= 0.3 is 0 Å². The molecular formula is C19H39N5. The molecule has 0 aromatic rings. The monoisotopic (exact) mass is 337 g/mol. The fraction of sp³-hybridized carbons (Fsp3) is 0.947. The van der Waals surface area contributed by atoms with Crippen molar-refractivity contribution in [1.82, 2.24) is 20.4 Å². The Bertz CT molecular complexity index is 385. The van der Waals surface area contributed by atoms with E-state index in [0.717, 1.165) is 18.4 Å². The van der Waals surface area contributed by atoms with Gasteiger partial charge in [-0.05, 0) is 65.8 Å². The second kappa shape index (κ2) is 9.62. The van der Waals surface area contributed by atoms with E-state index in [4.69, 9.17) is 0 Å². The number of nitrogens with zero attached hydrogens (tertiary/aromatic N) is 3. The van der Waals surface area contributed by atoms with Crippen LogP contribution in [0.25, 0.3) is 0 Å². The smallest absolute Gasteiger partial charge is 0.191 e. The quantitative estimate of drug-likeness (QED) is 0.596. The van der Waals surface area contributed by atoms with Gasteiger partial charge in [0.15, 0.2) is 5.96 Å². The van der Waals surface area contributed by atoms with Gasteiger partial charge in [0.1, 0.15) is 0 Å². The van der Waals surface area contributed by atoms with Gasteiger partial charge in [-0.2, -0.15) is 0 Å². The first-order valence-electron chi connectivity index (χ1n) is 9.95. The summed E-state index contributed by atoms with van der Waals surface area (Å²) in [7, 11) is 1.89. The Morgan fingerprint density at radius 2 is 1.67 bits per heavy atom. The van der Waals surface area contributed by atoms with Crippen LogP contribution in [0.4, 0.5) is 0 Å². The molecule has 5 nitrogen and oxygen atoms in total. The largest absolute Gasteiger partial charge is 0.356 e. The van der Waals surface area contributed by atoms with Gasteiger partial charge in [0.25, 0.3) is 0 Å². The highest BCUT2D eigenvalue weighted by molar-refractivity contribution is 5.79. The minimum Gasteiger partial charge on any atom is -0.356 e. The molecule has 0 aromatic heterocycles. The molecule has 2 heterocycles. The summed E-state index contributed by atoms with van der Waals surface area (Å²) in [5.74, 6) is 1.72. The number of nitrogens with one attached hydrogen (secondary N) is 2. The summed E-state index contributed by atoms with van der Waals surface area (Å²) >= 11 is 0. The van der Waals surface area contributed by atoms with Crippen LogP contribution in [0.1, 0.15) is 53.4 Å². The lowest BCUT2D eigenvalue weighted by Gasteiger charge is -2.37. The Morgan fingerprint density at radius 1 is 1.00 bits per heavy atom. The second-order valence-electron chi connectivity index (χ2n) is 8.10. The number of aliphatic imine (C=N–C) groups is 1. The molecule has 2 aliphatic heterocycles. The fourth-order valence-corrected chi connectivity index (χ4v) is 3.92. The van der Waals surface area contributed by atoms with Crippen molar-refractivity contribution in [2.45, 2.75) is 71.5 Å². The Balaban J connectivity index is 1.71. The van der Waals surface area contributed by atoms with Crippen molar-refractivity contribution >= 4 is 5.96 Å². The maximum absolute atomic E-state index is 4.44. The average molecular weight is 338 g/mol. The lowest BCUT2D eigenvalue weighted by atomic mass is 9.97. The van der Waals surface area contributed by atoms with Gasteiger partial charge in [-0.1, -0.05) is 0 Å². The summed E-state index contributed by atoms with van der Waals surface area (Å²) in [6, 6.07) is 1.89. The molecule has 2 aliphatic rings. The first-order chi connectivity index (χ1) is 11.5. The molecule has 0 saturated carbocycles. The van der Waals surface area contributed by atoms with E-state index in [1.807, 2.05) is 7.05 Å². The third-order valence-corrected chi connectivity index (χ3v) is 5.66. The molecule has 0 aliphatic carbocycles. The van der Waals surface area contributed by atoms with Crippen molar-refractivity contribution in [2.75, 3.05) is 39.8 Å². The van der Waals surface area contributed by atoms with E-state index in [1.165, 1.54) is 51.9 Å². The van der Waals surface area contributed by atoms with Gasteiger partial charge in [0.2, 0.25) is 0 Å². The Labute approximate surface area is 149 Å². The maximum atomic E-state index is 4.44. The van der Waals surface area contributed by atoms with E-state index in [2.05, 4.69) is 53.1 Å². The van der Waals surface area contributed by atoms with E-state index >= 15 is 0 Å². The minimum atomic E-state index is 0.560. The molecule has 2 saturated heterocycles. The van der Waals surface area contributed by atoms with Gasteiger partial charge in [-0.15, -0.1) is 0 Å². The molecule has 2 fully saturated rings. The third-order valence-electron chi connectivity index (χ3n) is 5.66. The molecule has 0 spiro atoms. The van der Waals surface area contributed by atoms with Crippen LogP contribution in [0, 0.1) is 5.92 Å². The summed E-state index contributed by atoms with van der Waals surface area (Å²) in [6.07, 6.45) is 5.08. The highest BCUT2D eigenvalue weighted by Gasteiger charge is 2.23. The van der Waals surface area contributed by atoms with Crippen LogP contribution in [0.3, 0.4) is 0 Å². The summed E-state index contributed by atoms with van der Waals surface area (Å²) < 4.78 is 0. The van der Waals surface area contributed by atoms with Crippen LogP contribution in [-0.2, 0) is 0 Å². The molecule has 2 N–H and O–H groups in total. The number of hydrogen-bond donors (Lipinski definition) is 2. The zero-order valence-corrected chi connectivity index (χ0v) is 16.5. The molecule has 0 aromatic carbocycles. The molecular weight excluding hydrogens is 298 g/mol. The molecule has 1 atom stereocenters. The lowest BCUT2D eigenvalue weighted by molar-refractivity contribution is 0.140. The van der Waals surface area contributed by atoms with Crippen LogP contribution in [0.2, 0.25) is 0 Å². The van der Waals surface area contributed by atoms with Crippen molar-refractivity contribution in [3.63, 3.8) is 0 Å². The summed E-state index contributed by atoms with van der Waals surface area (Å²) in [4.78, 5) is 9.61. The average Bonchev–Trinajstić information content (AvgIpc) is 2.59. The van der Waals surface area contributed by atoms with Gasteiger partial charge < -0.3 is 20.4 Å². The SMILES string of the molecule is CN=C(NCC1CCCN(C(C)C)C1)NC1CCN(C(C)C)CC1. The van der Waals surface area contributed by atoms with Crippen LogP contribution in [-0.4, -0.2) is 73.7 Å². The van der Waals surface area contributed by atoms with Crippen LogP contribution in [0.5, 0.6) is 0 Å². The Hall–Kier alpha value is -0.810. The van der Waals surface area contributed by atoms with E-state index in [0.29, 0.717) is 18.1 Å². The number of piperidine rings is 2. The lowest BCUT2D eigenvalue weighted by Crippen LogP contribution is -2.51. The summed E-state index contributed by atoms with van der Waals surface area (Å²) in [6.45, 7) is 15.1. The molecule has 24 heavy (non-hydrogen) atoms. The van der Waals surface area contributed by atoms with Gasteiger partial charge in [-0.25, -0.2) is 0 Å². The molecule has 0 radical (unpaired) electrons. The molecule has 1 unspecified atom stereocenters. The summed E-state index contributed by atoms with van der Waals surface area (Å²) in [5, 5.41) is 7.22. The van der Waals surface area contributed by atoms with E-state index < -0.39 is 0 Å². The maximum Gasteiger partial charge on any atom is 0.191 e. The van der Waals surface area contributed by atoms with Crippen molar-refractivity contribution in [1.29, 1.82) is 0 Å². The highest BCUT2D eigenvalue weighted by Crippen LogP contribution is 2.18. The number of likely N-dealkylation sites (tertiary alicyclic amines) is 2. The van der Waals surface area contributed by atoms with E-state index in [1.54, 1.807) is 0 Å². The Kier molecular flexibility index (Phi) is 7.82. The highest BCUT2D eigenvalue weighted by atomic mass is 15.2. The van der Waals surface area contributed by atoms with Gasteiger partial charge in [-0.3, -0.25) is 4.99 Å².